The number of ether oxygens (including phenoxy) is 1. The smallest absolute Gasteiger partial charge is 0.153 e. The molecule has 1 N–H and O–H groups in total. The van der Waals surface area contributed by atoms with Crippen LogP contribution in [0.2, 0.25) is 5.02 Å². The van der Waals surface area contributed by atoms with E-state index in [-0.39, 0.29) is 22.9 Å². The highest BCUT2D eigenvalue weighted by Gasteiger charge is 2.11. The Morgan fingerprint density at radius 1 is 1.10 bits per heavy atom. The molecule has 0 saturated carbocycles. The minimum absolute atomic E-state index is 0.129. The van der Waals surface area contributed by atoms with Crippen molar-refractivity contribution >= 4 is 28.8 Å². The van der Waals surface area contributed by atoms with Crippen molar-refractivity contribution in [3.8, 4) is 22.6 Å². The van der Waals surface area contributed by atoms with Crippen molar-refractivity contribution in [3.63, 3.8) is 0 Å². The van der Waals surface area contributed by atoms with Crippen LogP contribution in [0.15, 0.2) is 66.9 Å². The molecule has 4 aromatic rings. The first-order valence-electron chi connectivity index (χ1n) is 9.11. The second kappa shape index (κ2) is 7.94. The zero-order chi connectivity index (χ0) is 20.4. The van der Waals surface area contributed by atoms with E-state index in [0.29, 0.717) is 12.0 Å². The van der Waals surface area contributed by atoms with Gasteiger partial charge in [0.1, 0.15) is 18.1 Å². The Balaban J connectivity index is 1.63. The van der Waals surface area contributed by atoms with Gasteiger partial charge in [-0.2, -0.15) is 0 Å². The minimum Gasteiger partial charge on any atom is -0.507 e. The largest absolute Gasteiger partial charge is 0.507 e. The first-order valence-corrected chi connectivity index (χ1v) is 9.49. The van der Waals surface area contributed by atoms with E-state index < -0.39 is 0 Å². The number of carbonyl (C=O) groups excluding carboxylic acids is 1. The third-order valence-electron chi connectivity index (χ3n) is 4.94. The highest BCUT2D eigenvalue weighted by Crippen LogP contribution is 2.33. The van der Waals surface area contributed by atoms with Gasteiger partial charge < -0.3 is 9.84 Å². The fourth-order valence-electron chi connectivity index (χ4n) is 3.29. The Hall–Kier alpha value is -3.37. The Labute approximate surface area is 173 Å². The topological polar surface area (TPSA) is 59.4 Å². The summed E-state index contributed by atoms with van der Waals surface area (Å²) in [6.07, 6.45) is 2.43. The van der Waals surface area contributed by atoms with E-state index in [1.165, 1.54) is 12.1 Å². The number of halogens is 1. The van der Waals surface area contributed by atoms with Gasteiger partial charge in [-0.3, -0.25) is 9.78 Å². The van der Waals surface area contributed by atoms with Gasteiger partial charge in [0.15, 0.2) is 6.29 Å². The molecule has 0 spiro atoms. The molecule has 144 valence electrons. The molecule has 1 aromatic heterocycles. The van der Waals surface area contributed by atoms with Gasteiger partial charge in [-0.05, 0) is 41.8 Å². The number of hydrogen-bond acceptors (Lipinski definition) is 4. The summed E-state index contributed by atoms with van der Waals surface area (Å²) < 4.78 is 5.82. The number of phenolic OH excluding ortho intramolecular Hbond substituents is 1. The van der Waals surface area contributed by atoms with Crippen LogP contribution in [-0.4, -0.2) is 16.4 Å². The van der Waals surface area contributed by atoms with Crippen LogP contribution in [-0.2, 0) is 6.61 Å². The summed E-state index contributed by atoms with van der Waals surface area (Å²) in [5, 5.41) is 11.2. The van der Waals surface area contributed by atoms with Crippen molar-refractivity contribution in [2.24, 2.45) is 0 Å². The predicted molar refractivity (Wildman–Crippen MR) is 115 cm³/mol. The molecule has 4 rings (SSSR count). The van der Waals surface area contributed by atoms with Gasteiger partial charge in [-0.25, -0.2) is 0 Å². The lowest BCUT2D eigenvalue weighted by Gasteiger charge is -2.14. The van der Waals surface area contributed by atoms with Gasteiger partial charge in [0.05, 0.1) is 16.1 Å². The number of para-hydroxylation sites is 1. The second-order valence-corrected chi connectivity index (χ2v) is 7.16. The molecule has 5 heteroatoms. The van der Waals surface area contributed by atoms with E-state index in [1.54, 1.807) is 0 Å². The number of phenols is 1. The van der Waals surface area contributed by atoms with Crippen LogP contribution in [0, 0.1) is 6.92 Å². The van der Waals surface area contributed by atoms with Gasteiger partial charge in [0.2, 0.25) is 0 Å². The number of pyridine rings is 1. The molecule has 0 bridgehead atoms. The lowest BCUT2D eigenvalue weighted by atomic mass is 9.97. The molecule has 0 atom stereocenters. The molecular weight excluding hydrogens is 386 g/mol. The van der Waals surface area contributed by atoms with Crippen molar-refractivity contribution < 1.29 is 14.6 Å². The van der Waals surface area contributed by atoms with E-state index in [1.807, 2.05) is 49.5 Å². The molecule has 0 aliphatic carbocycles. The minimum atomic E-state index is -0.160. The number of aromatic nitrogens is 1. The summed E-state index contributed by atoms with van der Waals surface area (Å²) in [7, 11) is 0. The van der Waals surface area contributed by atoms with E-state index in [2.05, 4.69) is 17.1 Å². The second-order valence-electron chi connectivity index (χ2n) is 6.75. The zero-order valence-electron chi connectivity index (χ0n) is 15.7. The van der Waals surface area contributed by atoms with Crippen molar-refractivity contribution in [3.05, 3.63) is 88.6 Å². The number of carbonyl (C=O) groups is 1. The summed E-state index contributed by atoms with van der Waals surface area (Å²) in [4.78, 5) is 15.5. The van der Waals surface area contributed by atoms with Crippen LogP contribution in [0.3, 0.4) is 0 Å². The molecule has 3 aromatic carbocycles. The van der Waals surface area contributed by atoms with Crippen LogP contribution in [0.5, 0.6) is 11.5 Å². The number of hydrogen-bond donors (Lipinski definition) is 1. The first kappa shape index (κ1) is 19.0. The van der Waals surface area contributed by atoms with Crippen LogP contribution < -0.4 is 4.74 Å². The molecule has 4 nitrogen and oxygen atoms in total. The summed E-state index contributed by atoms with van der Waals surface area (Å²) in [5.41, 5.74) is 5.27. The molecule has 0 saturated heterocycles. The van der Waals surface area contributed by atoms with Crippen molar-refractivity contribution in [2.75, 3.05) is 0 Å². The maximum absolute atomic E-state index is 10.9. The fourth-order valence-corrected chi connectivity index (χ4v) is 3.52. The maximum Gasteiger partial charge on any atom is 0.153 e. The molecule has 0 unspecified atom stereocenters. The number of aromatic hydroxyl groups is 1. The van der Waals surface area contributed by atoms with Gasteiger partial charge >= 0.3 is 0 Å². The average Bonchev–Trinajstić information content (AvgIpc) is 2.74. The lowest BCUT2D eigenvalue weighted by molar-refractivity contribution is 0.112. The van der Waals surface area contributed by atoms with Crippen LogP contribution >= 0.6 is 11.6 Å². The Morgan fingerprint density at radius 3 is 2.76 bits per heavy atom. The molecule has 1 heterocycles. The highest BCUT2D eigenvalue weighted by atomic mass is 35.5. The fraction of sp³-hybridized carbons (Fsp3) is 0.0833. The van der Waals surface area contributed by atoms with Crippen LogP contribution in [0.4, 0.5) is 0 Å². The van der Waals surface area contributed by atoms with E-state index in [4.69, 9.17) is 16.3 Å². The van der Waals surface area contributed by atoms with Crippen molar-refractivity contribution in [2.45, 2.75) is 13.5 Å². The molecular formula is C24H18ClNO3. The third kappa shape index (κ3) is 3.80. The number of benzene rings is 3. The van der Waals surface area contributed by atoms with Gasteiger partial charge in [-0.15, -0.1) is 0 Å². The normalized spacial score (nSPS) is 10.8. The maximum atomic E-state index is 10.9. The molecule has 0 aliphatic rings. The monoisotopic (exact) mass is 403 g/mol. The number of fused-ring (bicyclic) bond motifs is 1. The van der Waals surface area contributed by atoms with Crippen LogP contribution in [0.25, 0.3) is 22.0 Å². The molecule has 0 radical (unpaired) electrons. The molecule has 29 heavy (non-hydrogen) atoms. The molecule has 0 aliphatic heterocycles. The highest BCUT2D eigenvalue weighted by molar-refractivity contribution is 6.32. The van der Waals surface area contributed by atoms with Gasteiger partial charge in [0.25, 0.3) is 0 Å². The quantitative estimate of drug-likeness (QED) is 0.417. The average molecular weight is 404 g/mol. The van der Waals surface area contributed by atoms with E-state index in [9.17, 15) is 9.90 Å². The standard InChI is InChI=1S/C24H18ClNO3/c1-15-17(14-29-24-11-23(28)19(13-27)10-21(24)25)6-4-7-20(15)18-9-16-5-2-3-8-22(16)26-12-18/h2-13,28H,14H2,1H3. The summed E-state index contributed by atoms with van der Waals surface area (Å²) in [6.45, 7) is 2.32. The molecule has 0 fully saturated rings. The predicted octanol–water partition coefficient (Wildman–Crippen LogP) is 5.96. The summed E-state index contributed by atoms with van der Waals surface area (Å²) >= 11 is 6.17. The summed E-state index contributed by atoms with van der Waals surface area (Å²) in [6, 6.07) is 18.9. The molecule has 0 amide bonds. The van der Waals surface area contributed by atoms with Crippen LogP contribution in [0.1, 0.15) is 21.5 Å². The Kier molecular flexibility index (Phi) is 5.19. The van der Waals surface area contributed by atoms with Gasteiger partial charge in [0, 0.05) is 23.2 Å². The number of aldehydes is 1. The summed E-state index contributed by atoms with van der Waals surface area (Å²) in [5.74, 6) is 0.166. The van der Waals surface area contributed by atoms with E-state index in [0.717, 1.165) is 33.2 Å². The van der Waals surface area contributed by atoms with E-state index >= 15 is 0 Å². The van der Waals surface area contributed by atoms with Gasteiger partial charge in [-0.1, -0.05) is 48.0 Å². The lowest BCUT2D eigenvalue weighted by Crippen LogP contribution is -2.00. The van der Waals surface area contributed by atoms with Crippen molar-refractivity contribution in [1.29, 1.82) is 0 Å². The Bertz CT molecular complexity index is 1220. The number of rotatable bonds is 5. The van der Waals surface area contributed by atoms with Crippen molar-refractivity contribution in [1.82, 2.24) is 4.98 Å². The SMILES string of the molecule is Cc1c(COc2cc(O)c(C=O)cc2Cl)cccc1-c1cnc2ccccc2c1. The first-order chi connectivity index (χ1) is 14.1. The third-order valence-corrected chi connectivity index (χ3v) is 5.23. The zero-order valence-corrected chi connectivity index (χ0v) is 16.5. The number of nitrogens with zero attached hydrogens (tertiary/aromatic N) is 1. The Morgan fingerprint density at radius 2 is 1.93 bits per heavy atom.